The standard InChI is InChI=1S/C13H15NO2/c1-9(4-6-15)10-7-12-11(3-5-14-12)13(8-10)16-2/h3,5-9,14H,4H2,1-2H3. The molecule has 0 amide bonds. The fourth-order valence-corrected chi connectivity index (χ4v) is 1.89. The van der Waals surface area contributed by atoms with Gasteiger partial charge in [0.15, 0.2) is 0 Å². The molecule has 0 aliphatic rings. The van der Waals surface area contributed by atoms with E-state index in [4.69, 9.17) is 4.74 Å². The third-order valence-electron chi connectivity index (χ3n) is 2.89. The number of hydrogen-bond donors (Lipinski definition) is 1. The lowest BCUT2D eigenvalue weighted by Gasteiger charge is -2.11. The van der Waals surface area contributed by atoms with Crippen LogP contribution in [0.1, 0.15) is 24.8 Å². The van der Waals surface area contributed by atoms with Crippen molar-refractivity contribution in [1.29, 1.82) is 0 Å². The van der Waals surface area contributed by atoms with Gasteiger partial charge in [0.2, 0.25) is 0 Å². The van der Waals surface area contributed by atoms with Crippen LogP contribution in [0.25, 0.3) is 10.9 Å². The molecule has 0 aliphatic carbocycles. The van der Waals surface area contributed by atoms with Gasteiger partial charge in [-0.05, 0) is 29.7 Å². The molecular weight excluding hydrogens is 202 g/mol. The van der Waals surface area contributed by atoms with Crippen LogP contribution < -0.4 is 4.74 Å². The quantitative estimate of drug-likeness (QED) is 0.800. The first-order valence-electron chi connectivity index (χ1n) is 5.35. The van der Waals surface area contributed by atoms with Crippen molar-refractivity contribution in [3.8, 4) is 5.75 Å². The van der Waals surface area contributed by atoms with E-state index in [1.54, 1.807) is 7.11 Å². The second-order valence-electron chi connectivity index (χ2n) is 3.97. The zero-order valence-corrected chi connectivity index (χ0v) is 9.49. The third-order valence-corrected chi connectivity index (χ3v) is 2.89. The Hall–Kier alpha value is -1.77. The summed E-state index contributed by atoms with van der Waals surface area (Å²) >= 11 is 0. The summed E-state index contributed by atoms with van der Waals surface area (Å²) in [7, 11) is 1.66. The van der Waals surface area contributed by atoms with Crippen molar-refractivity contribution in [2.24, 2.45) is 0 Å². The molecule has 3 heteroatoms. The van der Waals surface area contributed by atoms with E-state index in [0.29, 0.717) is 6.42 Å². The maximum absolute atomic E-state index is 10.5. The number of H-pyrrole nitrogens is 1. The average molecular weight is 217 g/mol. The molecule has 1 heterocycles. The van der Waals surface area contributed by atoms with Gasteiger partial charge in [-0.3, -0.25) is 0 Å². The predicted molar refractivity (Wildman–Crippen MR) is 63.9 cm³/mol. The number of aldehydes is 1. The van der Waals surface area contributed by atoms with Gasteiger partial charge in [0.25, 0.3) is 0 Å². The topological polar surface area (TPSA) is 42.1 Å². The Kier molecular flexibility index (Phi) is 2.95. The Labute approximate surface area is 94.4 Å². The van der Waals surface area contributed by atoms with Crippen LogP contribution in [0.3, 0.4) is 0 Å². The summed E-state index contributed by atoms with van der Waals surface area (Å²) in [4.78, 5) is 13.7. The number of benzene rings is 1. The minimum Gasteiger partial charge on any atom is -0.496 e. The molecule has 2 aromatic rings. The lowest BCUT2D eigenvalue weighted by Crippen LogP contribution is -1.95. The number of ether oxygens (including phenoxy) is 1. The van der Waals surface area contributed by atoms with Crippen molar-refractivity contribution in [3.63, 3.8) is 0 Å². The van der Waals surface area contributed by atoms with E-state index >= 15 is 0 Å². The lowest BCUT2D eigenvalue weighted by atomic mass is 9.97. The van der Waals surface area contributed by atoms with E-state index in [1.165, 1.54) is 0 Å². The fraction of sp³-hybridized carbons (Fsp3) is 0.308. The second kappa shape index (κ2) is 4.39. The number of fused-ring (bicyclic) bond motifs is 1. The molecule has 0 fully saturated rings. The van der Waals surface area contributed by atoms with E-state index < -0.39 is 0 Å². The monoisotopic (exact) mass is 217 g/mol. The highest BCUT2D eigenvalue weighted by Gasteiger charge is 2.10. The molecule has 0 aliphatic heterocycles. The molecular formula is C13H15NO2. The Bertz CT molecular complexity index is 502. The van der Waals surface area contributed by atoms with Crippen molar-refractivity contribution in [3.05, 3.63) is 30.0 Å². The summed E-state index contributed by atoms with van der Waals surface area (Å²) in [5.74, 6) is 1.07. The molecule has 0 bridgehead atoms. The van der Waals surface area contributed by atoms with Crippen LogP contribution in [0.15, 0.2) is 24.4 Å². The number of methoxy groups -OCH3 is 1. The van der Waals surface area contributed by atoms with Crippen LogP contribution in [0.4, 0.5) is 0 Å². The number of carbonyl (C=O) groups is 1. The van der Waals surface area contributed by atoms with Gasteiger partial charge < -0.3 is 14.5 Å². The van der Waals surface area contributed by atoms with Crippen molar-refractivity contribution in [2.45, 2.75) is 19.3 Å². The van der Waals surface area contributed by atoms with E-state index in [2.05, 4.69) is 11.1 Å². The summed E-state index contributed by atoms with van der Waals surface area (Å²) in [5.41, 5.74) is 2.17. The van der Waals surface area contributed by atoms with Crippen molar-refractivity contribution >= 4 is 17.2 Å². The van der Waals surface area contributed by atoms with Crippen LogP contribution in [-0.4, -0.2) is 18.4 Å². The highest BCUT2D eigenvalue weighted by molar-refractivity contribution is 5.86. The van der Waals surface area contributed by atoms with Crippen LogP contribution >= 0.6 is 0 Å². The Morgan fingerprint density at radius 3 is 3.00 bits per heavy atom. The minimum atomic E-state index is 0.221. The zero-order valence-electron chi connectivity index (χ0n) is 9.49. The van der Waals surface area contributed by atoms with E-state index in [1.807, 2.05) is 25.3 Å². The first-order chi connectivity index (χ1) is 7.76. The molecule has 0 saturated carbocycles. The van der Waals surface area contributed by atoms with Gasteiger partial charge in [-0.15, -0.1) is 0 Å². The first-order valence-corrected chi connectivity index (χ1v) is 5.35. The van der Waals surface area contributed by atoms with Crippen LogP contribution in [0, 0.1) is 0 Å². The Morgan fingerprint density at radius 1 is 1.50 bits per heavy atom. The van der Waals surface area contributed by atoms with Gasteiger partial charge in [0.1, 0.15) is 12.0 Å². The van der Waals surface area contributed by atoms with Crippen molar-refractivity contribution < 1.29 is 9.53 Å². The molecule has 1 atom stereocenters. The highest BCUT2D eigenvalue weighted by atomic mass is 16.5. The van der Waals surface area contributed by atoms with Gasteiger partial charge in [0, 0.05) is 23.5 Å². The maximum atomic E-state index is 10.5. The number of rotatable bonds is 4. The molecule has 16 heavy (non-hydrogen) atoms. The van der Waals surface area contributed by atoms with Crippen LogP contribution in [0.5, 0.6) is 5.75 Å². The zero-order chi connectivity index (χ0) is 11.5. The van der Waals surface area contributed by atoms with Crippen molar-refractivity contribution in [2.75, 3.05) is 7.11 Å². The van der Waals surface area contributed by atoms with Gasteiger partial charge in [-0.25, -0.2) is 0 Å². The molecule has 1 aromatic carbocycles. The van der Waals surface area contributed by atoms with Gasteiger partial charge in [-0.1, -0.05) is 6.92 Å². The summed E-state index contributed by atoms with van der Waals surface area (Å²) in [5, 5.41) is 1.07. The number of aromatic amines is 1. The van der Waals surface area contributed by atoms with E-state index in [-0.39, 0.29) is 5.92 Å². The second-order valence-corrected chi connectivity index (χ2v) is 3.97. The molecule has 0 radical (unpaired) electrons. The molecule has 1 aromatic heterocycles. The number of nitrogens with one attached hydrogen (secondary N) is 1. The Morgan fingerprint density at radius 2 is 2.31 bits per heavy atom. The van der Waals surface area contributed by atoms with Gasteiger partial charge in [0.05, 0.1) is 7.11 Å². The highest BCUT2D eigenvalue weighted by Crippen LogP contribution is 2.30. The lowest BCUT2D eigenvalue weighted by molar-refractivity contribution is -0.108. The smallest absolute Gasteiger partial charge is 0.128 e. The molecule has 3 nitrogen and oxygen atoms in total. The van der Waals surface area contributed by atoms with Crippen LogP contribution in [-0.2, 0) is 4.79 Å². The summed E-state index contributed by atoms with van der Waals surface area (Å²) in [6, 6.07) is 6.07. The molecule has 84 valence electrons. The molecule has 0 saturated heterocycles. The summed E-state index contributed by atoms with van der Waals surface area (Å²) < 4.78 is 5.35. The Balaban J connectivity index is 2.50. The third kappa shape index (κ3) is 1.81. The molecule has 1 unspecified atom stereocenters. The maximum Gasteiger partial charge on any atom is 0.128 e. The van der Waals surface area contributed by atoms with Crippen LogP contribution in [0.2, 0.25) is 0 Å². The minimum absolute atomic E-state index is 0.221. The first kappa shape index (κ1) is 10.7. The average Bonchev–Trinajstić information content (AvgIpc) is 2.75. The molecule has 2 rings (SSSR count). The molecule has 0 spiro atoms. The fourth-order valence-electron chi connectivity index (χ4n) is 1.89. The van der Waals surface area contributed by atoms with Gasteiger partial charge >= 0.3 is 0 Å². The number of aromatic nitrogens is 1. The normalized spacial score (nSPS) is 12.6. The summed E-state index contributed by atoms with van der Waals surface area (Å²) in [6.07, 6.45) is 3.38. The van der Waals surface area contributed by atoms with E-state index in [9.17, 15) is 4.79 Å². The summed E-state index contributed by atoms with van der Waals surface area (Å²) in [6.45, 7) is 2.04. The van der Waals surface area contributed by atoms with Crippen molar-refractivity contribution in [1.82, 2.24) is 4.98 Å². The number of carbonyl (C=O) groups excluding carboxylic acids is 1. The number of hydrogen-bond acceptors (Lipinski definition) is 2. The van der Waals surface area contributed by atoms with Gasteiger partial charge in [-0.2, -0.15) is 0 Å². The predicted octanol–water partition coefficient (Wildman–Crippen LogP) is 2.87. The molecule has 1 N–H and O–H groups in total. The SMILES string of the molecule is COc1cc(C(C)CC=O)cc2[nH]ccc12. The van der Waals surface area contributed by atoms with E-state index in [0.717, 1.165) is 28.5 Å². The largest absolute Gasteiger partial charge is 0.496 e.